The van der Waals surface area contributed by atoms with Crippen LogP contribution in [0.1, 0.15) is 30.0 Å². The Morgan fingerprint density at radius 1 is 1.42 bits per heavy atom. The summed E-state index contributed by atoms with van der Waals surface area (Å²) in [5, 5.41) is 0.858. The van der Waals surface area contributed by atoms with Gasteiger partial charge < -0.3 is 5.73 Å². The van der Waals surface area contributed by atoms with E-state index in [0.717, 1.165) is 27.2 Å². The van der Waals surface area contributed by atoms with Gasteiger partial charge in [-0.2, -0.15) is 4.37 Å². The molecule has 2 N–H and O–H groups in total. The number of aryl methyl sites for hydroxylation is 1. The van der Waals surface area contributed by atoms with Crippen molar-refractivity contribution in [2.75, 3.05) is 0 Å². The lowest BCUT2D eigenvalue weighted by atomic mass is 10.0. The number of nitrogens with two attached hydrogens (primary N) is 1. The van der Waals surface area contributed by atoms with Gasteiger partial charge in [-0.15, -0.1) is 0 Å². The fourth-order valence-electron chi connectivity index (χ4n) is 1.74. The second kappa shape index (κ2) is 6.70. The van der Waals surface area contributed by atoms with E-state index >= 15 is 0 Å². The van der Waals surface area contributed by atoms with Crippen LogP contribution in [0.5, 0.6) is 0 Å². The average molecular weight is 314 g/mol. The third-order valence-corrected chi connectivity index (χ3v) is 5.42. The predicted octanol–water partition coefficient (Wildman–Crippen LogP) is 4.07. The van der Waals surface area contributed by atoms with Gasteiger partial charge in [-0.3, -0.25) is 0 Å². The van der Waals surface area contributed by atoms with Crippen LogP contribution in [-0.4, -0.2) is 15.4 Å². The normalized spacial score (nSPS) is 14.3. The SMILES string of the molecule is CCC(N)C(Sc1nc(C)ns1)c1ccccc1Cl. The summed E-state index contributed by atoms with van der Waals surface area (Å²) in [6, 6.07) is 7.89. The first-order valence-electron chi connectivity index (χ1n) is 6.08. The molecule has 2 aromatic rings. The van der Waals surface area contributed by atoms with Gasteiger partial charge in [0.2, 0.25) is 0 Å². The third-order valence-electron chi connectivity index (χ3n) is 2.81. The fraction of sp³-hybridized carbons (Fsp3) is 0.385. The highest BCUT2D eigenvalue weighted by molar-refractivity contribution is 8.01. The number of rotatable bonds is 5. The van der Waals surface area contributed by atoms with Crippen LogP contribution in [-0.2, 0) is 0 Å². The monoisotopic (exact) mass is 313 g/mol. The quantitative estimate of drug-likeness (QED) is 0.845. The molecule has 1 heterocycles. The molecular formula is C13H16ClN3S2. The lowest BCUT2D eigenvalue weighted by molar-refractivity contribution is 0.634. The molecule has 0 aliphatic heterocycles. The topological polar surface area (TPSA) is 51.8 Å². The van der Waals surface area contributed by atoms with E-state index in [0.29, 0.717) is 0 Å². The van der Waals surface area contributed by atoms with Gasteiger partial charge in [-0.1, -0.05) is 48.5 Å². The average Bonchev–Trinajstić information content (AvgIpc) is 2.82. The third kappa shape index (κ3) is 3.69. The Bertz CT molecular complexity index is 544. The highest BCUT2D eigenvalue weighted by atomic mass is 35.5. The number of aromatic nitrogens is 2. The number of nitrogens with zero attached hydrogens (tertiary/aromatic N) is 2. The Kier molecular flexibility index (Phi) is 5.21. The minimum atomic E-state index is 0.0362. The molecule has 0 amide bonds. The van der Waals surface area contributed by atoms with Crippen molar-refractivity contribution in [2.45, 2.75) is 35.9 Å². The molecule has 0 spiro atoms. The summed E-state index contributed by atoms with van der Waals surface area (Å²) in [6.07, 6.45) is 0.890. The molecule has 6 heteroatoms. The van der Waals surface area contributed by atoms with Gasteiger partial charge in [0.1, 0.15) is 5.82 Å². The summed E-state index contributed by atoms with van der Waals surface area (Å²) in [5.74, 6) is 0.801. The minimum absolute atomic E-state index is 0.0362. The van der Waals surface area contributed by atoms with Crippen LogP contribution in [0.2, 0.25) is 5.02 Å². The van der Waals surface area contributed by atoms with Crippen LogP contribution in [0.25, 0.3) is 0 Å². The lowest BCUT2D eigenvalue weighted by Crippen LogP contribution is -2.25. The molecule has 0 saturated heterocycles. The summed E-state index contributed by atoms with van der Waals surface area (Å²) in [4.78, 5) is 4.39. The largest absolute Gasteiger partial charge is 0.326 e. The molecule has 0 saturated carbocycles. The van der Waals surface area contributed by atoms with Gasteiger partial charge in [0.15, 0.2) is 4.34 Å². The molecule has 2 atom stereocenters. The smallest absolute Gasteiger partial charge is 0.170 e. The summed E-state index contributed by atoms with van der Waals surface area (Å²) in [7, 11) is 0. The summed E-state index contributed by atoms with van der Waals surface area (Å²) in [6.45, 7) is 3.98. The lowest BCUT2D eigenvalue weighted by Gasteiger charge is -2.22. The summed E-state index contributed by atoms with van der Waals surface area (Å²) in [5.41, 5.74) is 7.32. The van der Waals surface area contributed by atoms with Crippen molar-refractivity contribution in [1.82, 2.24) is 9.36 Å². The van der Waals surface area contributed by atoms with E-state index in [4.69, 9.17) is 17.3 Å². The molecule has 2 rings (SSSR count). The number of hydrogen-bond donors (Lipinski definition) is 1. The molecular weight excluding hydrogens is 298 g/mol. The number of halogens is 1. The number of hydrogen-bond acceptors (Lipinski definition) is 5. The number of benzene rings is 1. The maximum Gasteiger partial charge on any atom is 0.170 e. The summed E-state index contributed by atoms with van der Waals surface area (Å²) < 4.78 is 5.14. The van der Waals surface area contributed by atoms with Gasteiger partial charge in [0, 0.05) is 11.1 Å². The van der Waals surface area contributed by atoms with Gasteiger partial charge >= 0.3 is 0 Å². The molecule has 0 aliphatic rings. The zero-order valence-electron chi connectivity index (χ0n) is 10.8. The minimum Gasteiger partial charge on any atom is -0.326 e. The molecule has 3 nitrogen and oxygen atoms in total. The fourth-order valence-corrected chi connectivity index (χ4v) is 4.17. The molecule has 0 radical (unpaired) electrons. The molecule has 102 valence electrons. The maximum absolute atomic E-state index is 6.29. The molecule has 1 aromatic heterocycles. The highest BCUT2D eigenvalue weighted by Gasteiger charge is 2.23. The maximum atomic E-state index is 6.29. The second-order valence-corrected chi connectivity index (χ2v) is 6.79. The van der Waals surface area contributed by atoms with Crippen LogP contribution in [0, 0.1) is 6.92 Å². The molecule has 0 fully saturated rings. The van der Waals surface area contributed by atoms with Crippen molar-refractivity contribution in [1.29, 1.82) is 0 Å². The van der Waals surface area contributed by atoms with Crippen molar-refractivity contribution < 1.29 is 0 Å². The first-order chi connectivity index (χ1) is 9.11. The number of thioether (sulfide) groups is 1. The van der Waals surface area contributed by atoms with Crippen molar-refractivity contribution in [3.05, 3.63) is 40.7 Å². The van der Waals surface area contributed by atoms with Crippen molar-refractivity contribution in [3.8, 4) is 0 Å². The molecule has 0 bridgehead atoms. The van der Waals surface area contributed by atoms with Gasteiger partial charge in [-0.25, -0.2) is 4.98 Å². The van der Waals surface area contributed by atoms with Crippen molar-refractivity contribution in [2.24, 2.45) is 5.73 Å². The van der Waals surface area contributed by atoms with E-state index in [-0.39, 0.29) is 11.3 Å². The molecule has 19 heavy (non-hydrogen) atoms. The van der Waals surface area contributed by atoms with E-state index in [2.05, 4.69) is 16.3 Å². The Morgan fingerprint density at radius 3 is 2.74 bits per heavy atom. The van der Waals surface area contributed by atoms with E-state index in [1.807, 2.05) is 31.2 Å². The zero-order chi connectivity index (χ0) is 13.8. The molecule has 1 aromatic carbocycles. The first kappa shape index (κ1) is 14.8. The Hall–Kier alpha value is -0.620. The van der Waals surface area contributed by atoms with Crippen LogP contribution in [0.4, 0.5) is 0 Å². The van der Waals surface area contributed by atoms with Crippen LogP contribution >= 0.6 is 34.9 Å². The van der Waals surface area contributed by atoms with E-state index in [9.17, 15) is 0 Å². The van der Waals surface area contributed by atoms with Crippen LogP contribution < -0.4 is 5.73 Å². The second-order valence-electron chi connectivity index (χ2n) is 4.24. The Morgan fingerprint density at radius 2 is 2.16 bits per heavy atom. The van der Waals surface area contributed by atoms with E-state index in [1.165, 1.54) is 11.5 Å². The van der Waals surface area contributed by atoms with E-state index < -0.39 is 0 Å². The van der Waals surface area contributed by atoms with Gasteiger partial charge in [0.25, 0.3) is 0 Å². The summed E-state index contributed by atoms with van der Waals surface area (Å²) >= 11 is 9.34. The first-order valence-corrected chi connectivity index (χ1v) is 8.12. The Labute approximate surface area is 126 Å². The molecule has 2 unspecified atom stereocenters. The standard InChI is InChI=1S/C13H16ClN3S2/c1-3-11(15)12(9-6-4-5-7-10(9)14)18-13-16-8(2)17-19-13/h4-7,11-12H,3,15H2,1-2H3. The predicted molar refractivity (Wildman–Crippen MR) is 83.0 cm³/mol. The van der Waals surface area contributed by atoms with Crippen molar-refractivity contribution >= 4 is 34.9 Å². The zero-order valence-corrected chi connectivity index (χ0v) is 13.2. The Balaban J connectivity index is 2.29. The highest BCUT2D eigenvalue weighted by Crippen LogP contribution is 2.41. The van der Waals surface area contributed by atoms with Crippen LogP contribution in [0.15, 0.2) is 28.6 Å². The van der Waals surface area contributed by atoms with Crippen molar-refractivity contribution in [3.63, 3.8) is 0 Å². The van der Waals surface area contributed by atoms with Crippen LogP contribution in [0.3, 0.4) is 0 Å². The van der Waals surface area contributed by atoms with Gasteiger partial charge in [-0.05, 0) is 36.5 Å². The van der Waals surface area contributed by atoms with Gasteiger partial charge in [0.05, 0.1) is 5.25 Å². The molecule has 0 aliphatic carbocycles. The van der Waals surface area contributed by atoms with E-state index in [1.54, 1.807) is 11.8 Å².